The third kappa shape index (κ3) is 9.44. The Hall–Kier alpha value is -5.60. The summed E-state index contributed by atoms with van der Waals surface area (Å²) in [5, 5.41) is 125. The molecule has 4 heterocycles. The fraction of sp³-hybridized carbons (Fsp3) is 0.429. The lowest BCUT2D eigenvalue weighted by atomic mass is 9.97. The summed E-state index contributed by atoms with van der Waals surface area (Å²) in [5.41, 5.74) is -0.943. The minimum atomic E-state index is -2.04. The molecule has 346 valence electrons. The molecule has 0 saturated carbocycles. The molecule has 4 aromatic rings. The Kier molecular flexibility index (Phi) is 13.7. The maximum atomic E-state index is 14.4. The molecule has 64 heavy (non-hydrogen) atoms. The molecule has 0 radical (unpaired) electrons. The molecule has 7 rings (SSSR count). The van der Waals surface area contributed by atoms with Gasteiger partial charge >= 0.3 is 5.97 Å². The average Bonchev–Trinajstić information content (AvgIpc) is 3.26. The molecule has 3 aliphatic heterocycles. The van der Waals surface area contributed by atoms with Crippen molar-refractivity contribution in [3.63, 3.8) is 0 Å². The van der Waals surface area contributed by atoms with Gasteiger partial charge in [-0.3, -0.25) is 4.79 Å². The van der Waals surface area contributed by atoms with Crippen LogP contribution >= 0.6 is 0 Å². The average molecular weight is 903 g/mol. The summed E-state index contributed by atoms with van der Waals surface area (Å²) in [6.07, 6.45) is -23.2. The predicted octanol–water partition coefficient (Wildman–Crippen LogP) is -1.22. The van der Waals surface area contributed by atoms with Gasteiger partial charge in [0.25, 0.3) is 0 Å². The number of benzene rings is 3. The Morgan fingerprint density at radius 1 is 0.656 bits per heavy atom. The summed E-state index contributed by atoms with van der Waals surface area (Å²) in [6.45, 7) is 2.05. The topological polar surface area (TPSA) is 355 Å². The number of carbonyl (C=O) groups is 1. The fourth-order valence-electron chi connectivity index (χ4n) is 7.18. The summed E-state index contributed by atoms with van der Waals surface area (Å²) in [7, 11) is 0. The molecule has 0 amide bonds. The maximum absolute atomic E-state index is 14.4. The molecule has 3 aliphatic rings. The molecule has 3 fully saturated rings. The number of phenols is 4. The summed E-state index contributed by atoms with van der Waals surface area (Å²) in [5.74, 6) is -3.95. The second-order valence-corrected chi connectivity index (χ2v) is 15.4. The van der Waals surface area contributed by atoms with E-state index in [2.05, 4.69) is 0 Å². The van der Waals surface area contributed by atoms with Gasteiger partial charge in [-0.2, -0.15) is 0 Å². The number of hydrogen-bond donors (Lipinski definition) is 12. The Morgan fingerprint density at radius 2 is 1.30 bits per heavy atom. The van der Waals surface area contributed by atoms with Crippen LogP contribution in [0.15, 0.2) is 69.9 Å². The van der Waals surface area contributed by atoms with Crippen molar-refractivity contribution in [2.45, 2.75) is 106 Å². The third-order valence-corrected chi connectivity index (χ3v) is 10.9. The lowest BCUT2D eigenvalue weighted by Gasteiger charge is -2.45. The summed E-state index contributed by atoms with van der Waals surface area (Å²) in [4.78, 5) is 26.9. The van der Waals surface area contributed by atoms with Gasteiger partial charge in [-0.1, -0.05) is 6.07 Å². The molecule has 3 aromatic carbocycles. The second-order valence-electron chi connectivity index (χ2n) is 15.4. The molecule has 1 aromatic heterocycles. The number of phenolic OH excluding ortho intramolecular Hbond substituents is 4. The lowest BCUT2D eigenvalue weighted by molar-refractivity contribution is -0.355. The zero-order valence-electron chi connectivity index (χ0n) is 33.7. The van der Waals surface area contributed by atoms with E-state index in [1.54, 1.807) is 0 Å². The first-order valence-corrected chi connectivity index (χ1v) is 19.7. The number of esters is 1. The van der Waals surface area contributed by atoms with Crippen LogP contribution in [0.25, 0.3) is 28.4 Å². The molecule has 0 aliphatic carbocycles. The maximum Gasteiger partial charge on any atom is 0.330 e. The number of hydrogen-bond acceptors (Lipinski definition) is 22. The van der Waals surface area contributed by atoms with Crippen LogP contribution in [-0.4, -0.2) is 166 Å². The SMILES string of the molecule is C[C@@H]1O[C@@H](Oc2cc(O)c3c(=O)c(O[C@@H]4O[C@@H](C)[C@H](O)[C@@H](O)[C@H]4O[C@@H]4O[C@H](COC(=O)/C=C/c5ccc(O)c(O)c5)[C@@H](O)[C@H](O)[C@H]4O)c(-c4ccc(O)cc4)oc3c2)[C@H](O)[C@H](O)[C@H]1O. The van der Waals surface area contributed by atoms with Crippen molar-refractivity contribution in [3.8, 4) is 45.8 Å². The molecule has 22 nitrogen and oxygen atoms in total. The van der Waals surface area contributed by atoms with E-state index in [4.69, 9.17) is 37.6 Å². The lowest BCUT2D eigenvalue weighted by Crippen LogP contribution is -2.64. The zero-order chi connectivity index (χ0) is 46.3. The summed E-state index contributed by atoms with van der Waals surface area (Å²) >= 11 is 0. The normalized spacial score (nSPS) is 33.2. The van der Waals surface area contributed by atoms with Gasteiger partial charge in [0, 0.05) is 23.8 Å². The van der Waals surface area contributed by atoms with E-state index in [9.17, 15) is 70.9 Å². The van der Waals surface area contributed by atoms with Crippen LogP contribution in [0.3, 0.4) is 0 Å². The Morgan fingerprint density at radius 3 is 1.98 bits per heavy atom. The molecule has 15 atom stereocenters. The van der Waals surface area contributed by atoms with E-state index in [0.717, 1.165) is 18.2 Å². The van der Waals surface area contributed by atoms with Gasteiger partial charge in [-0.15, -0.1) is 0 Å². The monoisotopic (exact) mass is 902 g/mol. The van der Waals surface area contributed by atoms with E-state index in [0.29, 0.717) is 5.56 Å². The number of ether oxygens (including phenoxy) is 7. The fourth-order valence-corrected chi connectivity index (χ4v) is 7.18. The van der Waals surface area contributed by atoms with Gasteiger partial charge in [0.2, 0.25) is 23.8 Å². The number of aromatic hydroxyl groups is 4. The number of carbonyl (C=O) groups excluding carboxylic acids is 1. The van der Waals surface area contributed by atoms with Crippen LogP contribution in [0.5, 0.6) is 34.5 Å². The smallest absolute Gasteiger partial charge is 0.330 e. The Labute approximate surface area is 361 Å². The van der Waals surface area contributed by atoms with E-state index in [1.165, 1.54) is 62.4 Å². The first kappa shape index (κ1) is 46.4. The van der Waals surface area contributed by atoms with Crippen molar-refractivity contribution >= 4 is 23.0 Å². The highest BCUT2D eigenvalue weighted by Gasteiger charge is 2.51. The molecular weight excluding hydrogens is 856 g/mol. The minimum Gasteiger partial charge on any atom is -0.508 e. The molecule has 0 bridgehead atoms. The Bertz CT molecular complexity index is 2390. The van der Waals surface area contributed by atoms with Gasteiger partial charge in [-0.05, 0) is 61.9 Å². The largest absolute Gasteiger partial charge is 0.508 e. The molecule has 3 saturated heterocycles. The highest BCUT2D eigenvalue weighted by atomic mass is 16.8. The van der Waals surface area contributed by atoms with Crippen LogP contribution < -0.4 is 14.9 Å². The third-order valence-electron chi connectivity index (χ3n) is 10.9. The molecule has 22 heteroatoms. The van der Waals surface area contributed by atoms with Crippen LogP contribution in [0.2, 0.25) is 0 Å². The van der Waals surface area contributed by atoms with E-state index >= 15 is 0 Å². The standard InChI is InChI=1S/C42H46O22/c1-15-28(48)32(52)35(55)40(58-15)60-20-12-23(46)27-24(13-20)61-37(18-5-7-19(43)8-6-18)38(31(27)51)63-42-39(34(54)29(49)16(2)59-42)64-41-36(56)33(53)30(50)25(62-41)14-57-26(47)10-4-17-3-9-21(44)22(45)11-17/h3-13,15-16,25,28-30,32-36,39-46,48-50,52-56H,14H2,1-2H3/b10-4+/t15-,16-,25+,28-,29-,30+,32+,33-,34+,35+,36+,39+,40-,41-,42-/m0/s1. The van der Waals surface area contributed by atoms with Crippen molar-refractivity contribution in [3.05, 3.63) is 76.5 Å². The van der Waals surface area contributed by atoms with Crippen LogP contribution in [0, 0.1) is 0 Å². The van der Waals surface area contributed by atoms with Gasteiger partial charge < -0.3 is 98.9 Å². The van der Waals surface area contributed by atoms with Crippen molar-refractivity contribution in [2.24, 2.45) is 0 Å². The van der Waals surface area contributed by atoms with Crippen molar-refractivity contribution in [1.82, 2.24) is 0 Å². The van der Waals surface area contributed by atoms with Crippen molar-refractivity contribution < 1.29 is 104 Å². The first-order valence-electron chi connectivity index (χ1n) is 19.7. The van der Waals surface area contributed by atoms with Gasteiger partial charge in [0.1, 0.15) is 89.8 Å². The highest BCUT2D eigenvalue weighted by molar-refractivity contribution is 5.88. The number of aliphatic hydroxyl groups is 8. The zero-order valence-corrected chi connectivity index (χ0v) is 33.7. The van der Waals surface area contributed by atoms with E-state index in [-0.39, 0.29) is 34.2 Å². The molecular formula is C42H46O22. The van der Waals surface area contributed by atoms with Crippen LogP contribution in [-0.2, 0) is 28.5 Å². The van der Waals surface area contributed by atoms with Gasteiger partial charge in [-0.25, -0.2) is 4.79 Å². The summed E-state index contributed by atoms with van der Waals surface area (Å²) in [6, 6.07) is 11.1. The molecule has 0 unspecified atom stereocenters. The number of fused-ring (bicyclic) bond motifs is 1. The van der Waals surface area contributed by atoms with Crippen molar-refractivity contribution in [1.29, 1.82) is 0 Å². The molecule has 0 spiro atoms. The van der Waals surface area contributed by atoms with Gasteiger partial charge in [0.05, 0.1) is 12.2 Å². The van der Waals surface area contributed by atoms with Crippen LogP contribution in [0.4, 0.5) is 0 Å². The van der Waals surface area contributed by atoms with Gasteiger partial charge in [0.15, 0.2) is 29.7 Å². The summed E-state index contributed by atoms with van der Waals surface area (Å²) < 4.78 is 45.9. The van der Waals surface area contributed by atoms with E-state index < -0.39 is 133 Å². The quantitative estimate of drug-likeness (QED) is 0.0477. The van der Waals surface area contributed by atoms with E-state index in [1.807, 2.05) is 0 Å². The van der Waals surface area contributed by atoms with Crippen molar-refractivity contribution in [2.75, 3.05) is 6.61 Å². The highest BCUT2D eigenvalue weighted by Crippen LogP contribution is 2.39. The molecule has 12 N–H and O–H groups in total. The number of aliphatic hydroxyl groups excluding tert-OH is 8. The predicted molar refractivity (Wildman–Crippen MR) is 213 cm³/mol. The minimum absolute atomic E-state index is 0.105. The Balaban J connectivity index is 1.17. The second kappa shape index (κ2) is 18.9. The first-order chi connectivity index (χ1) is 30.3. The number of rotatable bonds is 11. The van der Waals surface area contributed by atoms with Crippen LogP contribution in [0.1, 0.15) is 19.4 Å².